The number of rotatable bonds is 5. The van der Waals surface area contributed by atoms with E-state index < -0.39 is 24.7 Å². The average molecular weight is 297 g/mol. The normalized spacial score (nSPS) is 12.4. The molecule has 0 heterocycles. The molecule has 1 rings (SSSR count). The summed E-state index contributed by atoms with van der Waals surface area (Å²) in [7, 11) is 1.54. The number of carbonyl (C=O) groups is 1. The maximum atomic E-state index is 12.0. The first-order valence-corrected chi connectivity index (χ1v) is 5.48. The third kappa shape index (κ3) is 7.03. The third-order valence-electron chi connectivity index (χ3n) is 2.41. The summed E-state index contributed by atoms with van der Waals surface area (Å²) in [4.78, 5) is 11.6. The summed E-state index contributed by atoms with van der Waals surface area (Å²) in [6.07, 6.45) is -4.04. The fourth-order valence-corrected chi connectivity index (χ4v) is 1.49. The van der Waals surface area contributed by atoms with E-state index in [1.165, 1.54) is 0 Å². The molecule has 108 valence electrons. The minimum Gasteiger partial charge on any atom is -0.346 e. The first kappa shape index (κ1) is 17.7. The van der Waals surface area contributed by atoms with E-state index >= 15 is 0 Å². The number of hydrogen-bond acceptors (Lipinski definition) is 2. The van der Waals surface area contributed by atoms with Crippen LogP contribution in [0.15, 0.2) is 30.3 Å². The Kier molecular flexibility index (Phi) is 7.48. The van der Waals surface area contributed by atoms with Gasteiger partial charge in [0.2, 0.25) is 5.91 Å². The van der Waals surface area contributed by atoms with Crippen LogP contribution >= 0.6 is 12.4 Å². The van der Waals surface area contributed by atoms with Crippen molar-refractivity contribution in [1.29, 1.82) is 0 Å². The van der Waals surface area contributed by atoms with Crippen molar-refractivity contribution in [2.45, 2.75) is 18.6 Å². The summed E-state index contributed by atoms with van der Waals surface area (Å²) < 4.78 is 35.9. The molecule has 19 heavy (non-hydrogen) atoms. The van der Waals surface area contributed by atoms with E-state index in [2.05, 4.69) is 5.32 Å². The maximum Gasteiger partial charge on any atom is 0.405 e. The van der Waals surface area contributed by atoms with Crippen LogP contribution in [0.5, 0.6) is 0 Å². The zero-order valence-corrected chi connectivity index (χ0v) is 11.1. The number of likely N-dealkylation sites (N-methyl/N-ethyl adjacent to an activating group) is 1. The van der Waals surface area contributed by atoms with Crippen molar-refractivity contribution in [2.75, 3.05) is 13.6 Å². The molecular weight excluding hydrogens is 281 g/mol. The van der Waals surface area contributed by atoms with E-state index in [1.54, 1.807) is 7.05 Å². The molecule has 1 amide bonds. The molecule has 0 aliphatic carbocycles. The predicted molar refractivity (Wildman–Crippen MR) is 69.3 cm³/mol. The van der Waals surface area contributed by atoms with Crippen molar-refractivity contribution < 1.29 is 18.0 Å². The Morgan fingerprint density at radius 3 is 2.32 bits per heavy atom. The Hall–Kier alpha value is -1.27. The predicted octanol–water partition coefficient (Wildman–Crippen LogP) is 1.92. The summed E-state index contributed by atoms with van der Waals surface area (Å²) in [6.45, 7) is -1.31. The van der Waals surface area contributed by atoms with E-state index in [9.17, 15) is 18.0 Å². The van der Waals surface area contributed by atoms with Gasteiger partial charge in [-0.05, 0) is 19.0 Å². The Bertz CT molecular complexity index is 384. The van der Waals surface area contributed by atoms with Crippen molar-refractivity contribution in [2.24, 2.45) is 0 Å². The summed E-state index contributed by atoms with van der Waals surface area (Å²) in [5, 5.41) is 4.57. The smallest absolute Gasteiger partial charge is 0.346 e. The lowest BCUT2D eigenvalue weighted by Crippen LogP contribution is -2.46. The summed E-state index contributed by atoms with van der Waals surface area (Å²) in [5.74, 6) is -0.654. The zero-order chi connectivity index (χ0) is 13.6. The van der Waals surface area contributed by atoms with Gasteiger partial charge in [0.15, 0.2) is 0 Å². The Morgan fingerprint density at radius 1 is 1.26 bits per heavy atom. The van der Waals surface area contributed by atoms with Crippen molar-refractivity contribution in [1.82, 2.24) is 10.6 Å². The van der Waals surface area contributed by atoms with Crippen LogP contribution in [-0.4, -0.2) is 31.7 Å². The summed E-state index contributed by atoms with van der Waals surface area (Å²) in [6, 6.07) is 8.44. The maximum absolute atomic E-state index is 12.0. The van der Waals surface area contributed by atoms with Gasteiger partial charge in [0.1, 0.15) is 6.54 Å². The topological polar surface area (TPSA) is 41.1 Å². The Morgan fingerprint density at radius 2 is 1.84 bits per heavy atom. The number of carbonyl (C=O) groups excluding carboxylic acids is 1. The van der Waals surface area contributed by atoms with E-state index in [0.29, 0.717) is 6.42 Å². The van der Waals surface area contributed by atoms with E-state index in [-0.39, 0.29) is 12.4 Å². The lowest BCUT2D eigenvalue weighted by atomic mass is 10.1. The molecule has 1 aromatic carbocycles. The largest absolute Gasteiger partial charge is 0.405 e. The van der Waals surface area contributed by atoms with Crippen molar-refractivity contribution >= 4 is 18.3 Å². The standard InChI is InChI=1S/C12H15F3N2O.ClH/c1-16-10(7-9-5-3-2-4-6-9)11(18)17-8-12(13,14)15;/h2-6,10,16H,7-8H2,1H3,(H,17,18);1H/t10-;/m0./s1. The molecule has 0 saturated heterocycles. The monoisotopic (exact) mass is 296 g/mol. The first-order chi connectivity index (χ1) is 8.42. The van der Waals surface area contributed by atoms with Crippen LogP contribution < -0.4 is 10.6 Å². The van der Waals surface area contributed by atoms with Gasteiger partial charge in [-0.25, -0.2) is 0 Å². The summed E-state index contributed by atoms with van der Waals surface area (Å²) >= 11 is 0. The lowest BCUT2D eigenvalue weighted by Gasteiger charge is -2.17. The zero-order valence-electron chi connectivity index (χ0n) is 10.3. The second-order valence-electron chi connectivity index (χ2n) is 3.86. The molecule has 0 spiro atoms. The highest BCUT2D eigenvalue weighted by Gasteiger charge is 2.29. The molecule has 0 aliphatic heterocycles. The van der Waals surface area contributed by atoms with E-state index in [1.807, 2.05) is 35.6 Å². The third-order valence-corrected chi connectivity index (χ3v) is 2.41. The number of hydrogen-bond donors (Lipinski definition) is 2. The van der Waals surface area contributed by atoms with Gasteiger partial charge in [-0.3, -0.25) is 4.79 Å². The fourth-order valence-electron chi connectivity index (χ4n) is 1.49. The molecule has 1 atom stereocenters. The quantitative estimate of drug-likeness (QED) is 0.871. The van der Waals surface area contributed by atoms with Gasteiger partial charge in [-0.15, -0.1) is 12.4 Å². The van der Waals surface area contributed by atoms with E-state index in [4.69, 9.17) is 0 Å². The minimum atomic E-state index is -4.39. The average Bonchev–Trinajstić information content (AvgIpc) is 2.33. The first-order valence-electron chi connectivity index (χ1n) is 5.48. The minimum absolute atomic E-state index is 0. The highest BCUT2D eigenvalue weighted by molar-refractivity contribution is 5.85. The van der Waals surface area contributed by atoms with Gasteiger partial charge in [0.05, 0.1) is 6.04 Å². The lowest BCUT2D eigenvalue weighted by molar-refractivity contribution is -0.139. The van der Waals surface area contributed by atoms with E-state index in [0.717, 1.165) is 5.56 Å². The Balaban J connectivity index is 0.00000324. The second kappa shape index (κ2) is 8.01. The van der Waals surface area contributed by atoms with Gasteiger partial charge in [-0.2, -0.15) is 13.2 Å². The molecule has 0 bridgehead atoms. The van der Waals surface area contributed by atoms with Crippen LogP contribution in [0.2, 0.25) is 0 Å². The highest BCUT2D eigenvalue weighted by atomic mass is 35.5. The highest BCUT2D eigenvalue weighted by Crippen LogP contribution is 2.12. The molecule has 0 radical (unpaired) electrons. The van der Waals surface area contributed by atoms with Crippen molar-refractivity contribution in [3.05, 3.63) is 35.9 Å². The molecular formula is C12H16ClF3N2O. The van der Waals surface area contributed by atoms with Crippen molar-refractivity contribution in [3.8, 4) is 0 Å². The molecule has 7 heteroatoms. The SMILES string of the molecule is CN[C@@H](Cc1ccccc1)C(=O)NCC(F)(F)F.Cl. The number of alkyl halides is 3. The molecule has 0 unspecified atom stereocenters. The van der Waals surface area contributed by atoms with Crippen molar-refractivity contribution in [3.63, 3.8) is 0 Å². The number of benzene rings is 1. The second-order valence-corrected chi connectivity index (χ2v) is 3.86. The molecule has 2 N–H and O–H groups in total. The van der Waals surface area contributed by atoms with Gasteiger partial charge in [-0.1, -0.05) is 30.3 Å². The van der Waals surface area contributed by atoms with Gasteiger partial charge < -0.3 is 10.6 Å². The van der Waals surface area contributed by atoms with Crippen LogP contribution in [-0.2, 0) is 11.2 Å². The van der Waals surface area contributed by atoms with Crippen LogP contribution in [0.3, 0.4) is 0 Å². The van der Waals surface area contributed by atoms with Gasteiger partial charge in [0.25, 0.3) is 0 Å². The number of halogens is 4. The van der Waals surface area contributed by atoms with Crippen LogP contribution in [0.4, 0.5) is 13.2 Å². The van der Waals surface area contributed by atoms with Gasteiger partial charge in [0, 0.05) is 0 Å². The molecule has 0 saturated carbocycles. The molecule has 0 aromatic heterocycles. The van der Waals surface area contributed by atoms with Crippen LogP contribution in [0.25, 0.3) is 0 Å². The Labute approximate surface area is 116 Å². The van der Waals surface area contributed by atoms with Crippen LogP contribution in [0.1, 0.15) is 5.56 Å². The molecule has 3 nitrogen and oxygen atoms in total. The fraction of sp³-hybridized carbons (Fsp3) is 0.417. The van der Waals surface area contributed by atoms with Crippen LogP contribution in [0, 0.1) is 0 Å². The number of amides is 1. The molecule has 1 aromatic rings. The molecule has 0 fully saturated rings. The summed E-state index contributed by atoms with van der Waals surface area (Å²) in [5.41, 5.74) is 0.888. The number of nitrogens with one attached hydrogen (secondary N) is 2. The van der Waals surface area contributed by atoms with Gasteiger partial charge >= 0.3 is 6.18 Å². The molecule has 0 aliphatic rings.